The fourth-order valence-electron chi connectivity index (χ4n) is 11.0. The minimum atomic E-state index is 0.912. The van der Waals surface area contributed by atoms with Gasteiger partial charge in [0.1, 0.15) is 0 Å². The van der Waals surface area contributed by atoms with E-state index in [2.05, 4.69) is 249 Å². The van der Waals surface area contributed by atoms with Crippen LogP contribution in [0, 0.1) is 0 Å². The Morgan fingerprint density at radius 3 is 1.16 bits per heavy atom. The number of fused-ring (bicyclic) bond motifs is 8. The lowest BCUT2D eigenvalue weighted by Crippen LogP contribution is -1.93. The lowest BCUT2D eigenvalue weighted by atomic mass is 9.83. The second-order valence-corrected chi connectivity index (χ2v) is 18.4. The van der Waals surface area contributed by atoms with Crippen LogP contribution in [0.1, 0.15) is 0 Å². The largest absolute Gasteiger partial charge is 0.245 e. The van der Waals surface area contributed by atoms with Crippen LogP contribution in [0.15, 0.2) is 255 Å². The van der Waals surface area contributed by atoms with Gasteiger partial charge in [-0.25, -0.2) is 9.97 Å². The zero-order chi connectivity index (χ0) is 46.1. The molecule has 0 radical (unpaired) electrons. The molecule has 70 heavy (non-hydrogen) atoms. The average Bonchev–Trinajstić information content (AvgIpc) is 3.43. The van der Waals surface area contributed by atoms with Crippen LogP contribution in [0.3, 0.4) is 0 Å². The second kappa shape index (κ2) is 16.2. The third kappa shape index (κ3) is 6.64. The Hall–Kier alpha value is -9.24. The molecule has 14 aromatic rings. The smallest absolute Gasteiger partial charge is 0.0972 e. The maximum Gasteiger partial charge on any atom is 0.0972 e. The van der Waals surface area contributed by atoms with E-state index >= 15 is 0 Å². The molecule has 0 spiro atoms. The molecule has 0 aliphatic carbocycles. The highest BCUT2D eigenvalue weighted by atomic mass is 14.8. The summed E-state index contributed by atoms with van der Waals surface area (Å²) in [5.41, 5.74) is 15.6. The first-order chi connectivity index (χ1) is 34.7. The third-order valence-electron chi connectivity index (χ3n) is 14.4. The normalized spacial score (nSPS) is 11.7. The molecule has 0 fully saturated rings. The first kappa shape index (κ1) is 39.9. The molecule has 0 aliphatic heterocycles. The van der Waals surface area contributed by atoms with Crippen molar-refractivity contribution in [1.82, 2.24) is 9.97 Å². The van der Waals surface area contributed by atoms with Crippen molar-refractivity contribution in [2.75, 3.05) is 0 Å². The summed E-state index contributed by atoms with van der Waals surface area (Å²) in [6, 6.07) is 92.9. The minimum absolute atomic E-state index is 0.912. The Kier molecular flexibility index (Phi) is 9.25. The molecule has 2 nitrogen and oxygen atoms in total. The lowest BCUT2D eigenvalue weighted by Gasteiger charge is -2.20. The molecule has 12 aromatic carbocycles. The number of nitrogens with zero attached hydrogens (tertiary/aromatic N) is 2. The number of hydrogen-bond donors (Lipinski definition) is 0. The summed E-state index contributed by atoms with van der Waals surface area (Å²) >= 11 is 0. The summed E-state index contributed by atoms with van der Waals surface area (Å²) in [7, 11) is 0. The van der Waals surface area contributed by atoms with Gasteiger partial charge in [0.05, 0.1) is 22.4 Å². The van der Waals surface area contributed by atoms with Crippen LogP contribution in [-0.4, -0.2) is 9.97 Å². The molecule has 2 heteroatoms. The lowest BCUT2D eigenvalue weighted by molar-refractivity contribution is 1.36. The first-order valence-corrected chi connectivity index (χ1v) is 24.0. The SMILES string of the molecule is c1ccc(-c2ccc3ccc4ccc(-c5ccc(-c6ccc(-c7ccc8c(-c9ccc%10ccccc%10c9)c9ccccc9c(-c9ccc%10ccccc%10c9)c8c7)c7ccccc67)cc5)nc4c3n2)cc1. The van der Waals surface area contributed by atoms with E-state index < -0.39 is 0 Å². The highest BCUT2D eigenvalue weighted by Crippen LogP contribution is 2.47. The molecule has 0 unspecified atom stereocenters. The highest BCUT2D eigenvalue weighted by molar-refractivity contribution is 6.23. The fraction of sp³-hybridized carbons (Fsp3) is 0. The van der Waals surface area contributed by atoms with Gasteiger partial charge in [0, 0.05) is 21.9 Å². The first-order valence-electron chi connectivity index (χ1n) is 24.0. The third-order valence-corrected chi connectivity index (χ3v) is 14.4. The van der Waals surface area contributed by atoms with Gasteiger partial charge in [-0.2, -0.15) is 0 Å². The summed E-state index contributed by atoms with van der Waals surface area (Å²) in [5.74, 6) is 0. The van der Waals surface area contributed by atoms with Gasteiger partial charge in [0.25, 0.3) is 0 Å². The highest BCUT2D eigenvalue weighted by Gasteiger charge is 2.20. The van der Waals surface area contributed by atoms with E-state index in [1.165, 1.54) is 92.8 Å². The zero-order valence-corrected chi connectivity index (χ0v) is 38.1. The molecule has 0 aliphatic rings. The van der Waals surface area contributed by atoms with E-state index in [-0.39, 0.29) is 0 Å². The van der Waals surface area contributed by atoms with Crippen molar-refractivity contribution in [1.29, 1.82) is 0 Å². The molecule has 0 saturated carbocycles. The van der Waals surface area contributed by atoms with Crippen LogP contribution in [0.4, 0.5) is 0 Å². The monoisotopic (exact) mass is 886 g/mol. The van der Waals surface area contributed by atoms with E-state index in [1.807, 2.05) is 6.07 Å². The molecule has 0 amide bonds. The molecule has 14 rings (SSSR count). The minimum Gasteiger partial charge on any atom is -0.245 e. The number of hydrogen-bond acceptors (Lipinski definition) is 2. The maximum atomic E-state index is 5.25. The Balaban J connectivity index is 0.897. The van der Waals surface area contributed by atoms with E-state index in [1.54, 1.807) is 0 Å². The number of rotatable bonds is 6. The quantitative estimate of drug-likeness (QED) is 0.123. The van der Waals surface area contributed by atoms with Crippen molar-refractivity contribution in [2.45, 2.75) is 0 Å². The molecule has 0 bridgehead atoms. The van der Waals surface area contributed by atoms with Gasteiger partial charge in [-0.05, 0) is 129 Å². The maximum absolute atomic E-state index is 5.25. The Bertz CT molecular complexity index is 4400. The Morgan fingerprint density at radius 1 is 0.200 bits per heavy atom. The van der Waals surface area contributed by atoms with E-state index in [9.17, 15) is 0 Å². The summed E-state index contributed by atoms with van der Waals surface area (Å²) in [6.45, 7) is 0. The Morgan fingerprint density at radius 2 is 0.586 bits per heavy atom. The zero-order valence-electron chi connectivity index (χ0n) is 38.1. The van der Waals surface area contributed by atoms with Crippen molar-refractivity contribution in [3.63, 3.8) is 0 Å². The van der Waals surface area contributed by atoms with Crippen LogP contribution >= 0.6 is 0 Å². The van der Waals surface area contributed by atoms with Crippen LogP contribution in [0.25, 0.3) is 143 Å². The van der Waals surface area contributed by atoms with Gasteiger partial charge in [-0.1, -0.05) is 224 Å². The van der Waals surface area contributed by atoms with E-state index in [0.29, 0.717) is 0 Å². The molecule has 2 aromatic heterocycles. The molecule has 2 heterocycles. The van der Waals surface area contributed by atoms with Gasteiger partial charge in [-0.3, -0.25) is 0 Å². The van der Waals surface area contributed by atoms with E-state index in [0.717, 1.165) is 49.9 Å². The molecule has 0 N–H and O–H groups in total. The molecule has 324 valence electrons. The van der Waals surface area contributed by atoms with Crippen molar-refractivity contribution >= 4 is 75.7 Å². The van der Waals surface area contributed by atoms with Crippen molar-refractivity contribution in [3.05, 3.63) is 255 Å². The van der Waals surface area contributed by atoms with Gasteiger partial charge < -0.3 is 0 Å². The summed E-state index contributed by atoms with van der Waals surface area (Å²) in [4.78, 5) is 10.4. The molecule has 0 saturated heterocycles. The fourth-order valence-corrected chi connectivity index (χ4v) is 11.0. The summed E-state index contributed by atoms with van der Waals surface area (Å²) in [5, 5.41) is 14.5. The standard InChI is InChI=1S/C68H42N2/c1-2-14-46(15-3-1)63-38-33-48-28-29-49-34-39-64(70-68(49)67(48)69-63)47-26-24-45(25-27-47)55-36-37-56(58-19-9-8-18-57(55)58)52-32-35-61-62(42-52)66(54-31-23-44-13-5-7-17-51(44)41-54)60-21-11-10-20-59(60)65(61)53-30-22-43-12-4-6-16-50(43)40-53/h1-42H. The molecular weight excluding hydrogens is 845 g/mol. The van der Waals surface area contributed by atoms with Crippen molar-refractivity contribution in [2.24, 2.45) is 0 Å². The van der Waals surface area contributed by atoms with E-state index in [4.69, 9.17) is 9.97 Å². The molecular formula is C68H42N2. The van der Waals surface area contributed by atoms with Crippen molar-refractivity contribution in [3.8, 4) is 67.0 Å². The van der Waals surface area contributed by atoms with Gasteiger partial charge in [0.15, 0.2) is 0 Å². The predicted molar refractivity (Wildman–Crippen MR) is 297 cm³/mol. The number of benzene rings is 12. The number of aromatic nitrogens is 2. The average molecular weight is 887 g/mol. The van der Waals surface area contributed by atoms with Crippen LogP contribution < -0.4 is 0 Å². The predicted octanol–water partition coefficient (Wildman–Crippen LogP) is 18.6. The summed E-state index contributed by atoms with van der Waals surface area (Å²) in [6.07, 6.45) is 0. The van der Waals surface area contributed by atoms with Gasteiger partial charge in [0.2, 0.25) is 0 Å². The van der Waals surface area contributed by atoms with Gasteiger partial charge in [-0.15, -0.1) is 0 Å². The van der Waals surface area contributed by atoms with Crippen LogP contribution in [0.2, 0.25) is 0 Å². The van der Waals surface area contributed by atoms with Crippen LogP contribution in [0.5, 0.6) is 0 Å². The summed E-state index contributed by atoms with van der Waals surface area (Å²) < 4.78 is 0. The van der Waals surface area contributed by atoms with Crippen molar-refractivity contribution < 1.29 is 0 Å². The topological polar surface area (TPSA) is 25.8 Å². The second-order valence-electron chi connectivity index (χ2n) is 18.4. The molecule has 0 atom stereocenters. The Labute approximate surface area is 405 Å². The number of pyridine rings is 2. The van der Waals surface area contributed by atoms with Crippen LogP contribution in [-0.2, 0) is 0 Å². The van der Waals surface area contributed by atoms with Gasteiger partial charge >= 0.3 is 0 Å².